The summed E-state index contributed by atoms with van der Waals surface area (Å²) in [5.74, 6) is 1.72. The fourth-order valence-corrected chi connectivity index (χ4v) is 2.29. The highest BCUT2D eigenvalue weighted by Crippen LogP contribution is 2.28. The molecule has 0 saturated heterocycles. The Kier molecular flexibility index (Phi) is 4.04. The van der Waals surface area contributed by atoms with Crippen LogP contribution >= 0.6 is 15.9 Å². The van der Waals surface area contributed by atoms with Crippen LogP contribution < -0.4 is 10.5 Å². The molecule has 0 atom stereocenters. The maximum Gasteiger partial charge on any atom is 0.130 e. The first-order chi connectivity index (χ1) is 8.60. The number of benzene rings is 2. The van der Waals surface area contributed by atoms with Gasteiger partial charge in [-0.2, -0.15) is 0 Å². The summed E-state index contributed by atoms with van der Waals surface area (Å²) in [6, 6.07) is 12.0. The predicted molar refractivity (Wildman–Crippen MR) is 78.0 cm³/mol. The minimum Gasteiger partial charge on any atom is -0.457 e. The second-order valence-corrected chi connectivity index (χ2v) is 5.22. The van der Waals surface area contributed by atoms with Gasteiger partial charge in [-0.1, -0.05) is 22.0 Å². The molecule has 2 aromatic carbocycles. The molecule has 0 aliphatic carbocycles. The van der Waals surface area contributed by atoms with Crippen LogP contribution in [0.5, 0.6) is 11.5 Å². The highest BCUT2D eigenvalue weighted by Gasteiger charge is 2.04. The third-order valence-corrected chi connectivity index (χ3v) is 3.39. The SMILES string of the molecule is Cc1cc(Oc2ccc(Br)cc2C)ccc1CN. The molecule has 0 spiro atoms. The molecule has 94 valence electrons. The van der Waals surface area contributed by atoms with Crippen LogP contribution in [0.3, 0.4) is 0 Å². The van der Waals surface area contributed by atoms with Crippen LogP contribution in [0.25, 0.3) is 0 Å². The Morgan fingerprint density at radius 2 is 1.83 bits per heavy atom. The molecule has 2 nitrogen and oxygen atoms in total. The van der Waals surface area contributed by atoms with Crippen LogP contribution in [-0.4, -0.2) is 0 Å². The average Bonchev–Trinajstić information content (AvgIpc) is 2.33. The monoisotopic (exact) mass is 305 g/mol. The number of nitrogens with two attached hydrogens (primary N) is 1. The number of hydrogen-bond acceptors (Lipinski definition) is 2. The molecule has 2 aromatic rings. The molecule has 0 aliphatic rings. The van der Waals surface area contributed by atoms with Crippen molar-refractivity contribution in [2.45, 2.75) is 20.4 Å². The number of ether oxygens (including phenoxy) is 1. The summed E-state index contributed by atoms with van der Waals surface area (Å²) in [6.45, 7) is 4.63. The molecular formula is C15H16BrNO. The van der Waals surface area contributed by atoms with Gasteiger partial charge in [-0.25, -0.2) is 0 Å². The Morgan fingerprint density at radius 3 is 2.44 bits per heavy atom. The molecule has 2 rings (SSSR count). The number of rotatable bonds is 3. The smallest absolute Gasteiger partial charge is 0.130 e. The summed E-state index contributed by atoms with van der Waals surface area (Å²) in [6.07, 6.45) is 0. The number of hydrogen-bond donors (Lipinski definition) is 1. The van der Waals surface area contributed by atoms with Crippen LogP contribution in [0.4, 0.5) is 0 Å². The summed E-state index contributed by atoms with van der Waals surface area (Å²) in [5.41, 5.74) is 9.06. The lowest BCUT2D eigenvalue weighted by molar-refractivity contribution is 0.478. The molecule has 0 fully saturated rings. The van der Waals surface area contributed by atoms with Crippen LogP contribution in [0, 0.1) is 13.8 Å². The van der Waals surface area contributed by atoms with Crippen molar-refractivity contribution in [3.63, 3.8) is 0 Å². The first-order valence-corrected chi connectivity index (χ1v) is 6.63. The van der Waals surface area contributed by atoms with Gasteiger partial charge in [0, 0.05) is 11.0 Å². The van der Waals surface area contributed by atoms with E-state index in [0.717, 1.165) is 32.7 Å². The molecule has 0 aliphatic heterocycles. The van der Waals surface area contributed by atoms with Crippen molar-refractivity contribution in [3.05, 3.63) is 57.6 Å². The fraction of sp³-hybridized carbons (Fsp3) is 0.200. The maximum absolute atomic E-state index is 5.88. The minimum atomic E-state index is 0.559. The molecule has 3 heteroatoms. The van der Waals surface area contributed by atoms with Crippen LogP contribution in [0.1, 0.15) is 16.7 Å². The van der Waals surface area contributed by atoms with Crippen molar-refractivity contribution >= 4 is 15.9 Å². The third kappa shape index (κ3) is 2.92. The highest BCUT2D eigenvalue weighted by atomic mass is 79.9. The zero-order valence-corrected chi connectivity index (χ0v) is 12.1. The maximum atomic E-state index is 5.88. The quantitative estimate of drug-likeness (QED) is 0.916. The normalized spacial score (nSPS) is 10.4. The lowest BCUT2D eigenvalue weighted by Gasteiger charge is -2.11. The summed E-state index contributed by atoms with van der Waals surface area (Å²) < 4.78 is 6.94. The second kappa shape index (κ2) is 5.55. The van der Waals surface area contributed by atoms with E-state index < -0.39 is 0 Å². The van der Waals surface area contributed by atoms with Gasteiger partial charge in [0.05, 0.1) is 0 Å². The van der Waals surface area contributed by atoms with E-state index in [9.17, 15) is 0 Å². The summed E-state index contributed by atoms with van der Waals surface area (Å²) >= 11 is 3.44. The Balaban J connectivity index is 2.26. The van der Waals surface area contributed by atoms with E-state index in [0.29, 0.717) is 6.54 Å². The van der Waals surface area contributed by atoms with Gasteiger partial charge in [0.15, 0.2) is 0 Å². The topological polar surface area (TPSA) is 35.2 Å². The minimum absolute atomic E-state index is 0.559. The molecule has 0 saturated carbocycles. The Labute approximate surface area is 116 Å². The zero-order chi connectivity index (χ0) is 13.1. The van der Waals surface area contributed by atoms with E-state index in [-0.39, 0.29) is 0 Å². The van der Waals surface area contributed by atoms with Gasteiger partial charge < -0.3 is 10.5 Å². The summed E-state index contributed by atoms with van der Waals surface area (Å²) in [5, 5.41) is 0. The van der Waals surface area contributed by atoms with Crippen molar-refractivity contribution in [3.8, 4) is 11.5 Å². The van der Waals surface area contributed by atoms with E-state index in [4.69, 9.17) is 10.5 Å². The van der Waals surface area contributed by atoms with Crippen LogP contribution in [0.2, 0.25) is 0 Å². The molecule has 18 heavy (non-hydrogen) atoms. The van der Waals surface area contributed by atoms with Gasteiger partial charge >= 0.3 is 0 Å². The van der Waals surface area contributed by atoms with E-state index in [1.807, 2.05) is 50.2 Å². The largest absolute Gasteiger partial charge is 0.457 e. The molecule has 0 amide bonds. The molecule has 0 bridgehead atoms. The third-order valence-electron chi connectivity index (χ3n) is 2.90. The fourth-order valence-electron chi connectivity index (χ4n) is 1.82. The Morgan fingerprint density at radius 1 is 1.06 bits per heavy atom. The molecule has 0 aromatic heterocycles. The van der Waals surface area contributed by atoms with Crippen molar-refractivity contribution in [1.82, 2.24) is 0 Å². The lowest BCUT2D eigenvalue weighted by Crippen LogP contribution is -1.99. The van der Waals surface area contributed by atoms with E-state index in [2.05, 4.69) is 15.9 Å². The molecule has 0 heterocycles. The van der Waals surface area contributed by atoms with Gasteiger partial charge in [0.1, 0.15) is 11.5 Å². The lowest BCUT2D eigenvalue weighted by atomic mass is 10.1. The van der Waals surface area contributed by atoms with E-state index in [1.54, 1.807) is 0 Å². The van der Waals surface area contributed by atoms with E-state index >= 15 is 0 Å². The highest BCUT2D eigenvalue weighted by molar-refractivity contribution is 9.10. The standard InChI is InChI=1S/C15H16BrNO/c1-10-8-14(5-3-12(10)9-17)18-15-6-4-13(16)7-11(15)2/h3-8H,9,17H2,1-2H3. The first-order valence-electron chi connectivity index (χ1n) is 5.84. The average molecular weight is 306 g/mol. The van der Waals surface area contributed by atoms with Crippen LogP contribution in [-0.2, 0) is 6.54 Å². The summed E-state index contributed by atoms with van der Waals surface area (Å²) in [7, 11) is 0. The Bertz CT molecular complexity index is 566. The van der Waals surface area contributed by atoms with Gasteiger partial charge in [0.2, 0.25) is 0 Å². The van der Waals surface area contributed by atoms with Crippen LogP contribution in [0.15, 0.2) is 40.9 Å². The molecule has 0 radical (unpaired) electrons. The number of halogens is 1. The number of aryl methyl sites for hydroxylation is 2. The van der Waals surface area contributed by atoms with Crippen molar-refractivity contribution < 1.29 is 4.74 Å². The van der Waals surface area contributed by atoms with Crippen molar-refractivity contribution in [2.24, 2.45) is 5.73 Å². The van der Waals surface area contributed by atoms with E-state index in [1.165, 1.54) is 0 Å². The Hall–Kier alpha value is -1.32. The van der Waals surface area contributed by atoms with Gasteiger partial charge in [-0.3, -0.25) is 0 Å². The molecular weight excluding hydrogens is 290 g/mol. The summed E-state index contributed by atoms with van der Waals surface area (Å²) in [4.78, 5) is 0. The van der Waals surface area contributed by atoms with Gasteiger partial charge in [-0.15, -0.1) is 0 Å². The first kappa shape index (κ1) is 13.1. The van der Waals surface area contributed by atoms with Crippen molar-refractivity contribution in [1.29, 1.82) is 0 Å². The van der Waals surface area contributed by atoms with Gasteiger partial charge in [-0.05, 0) is 60.9 Å². The zero-order valence-electron chi connectivity index (χ0n) is 10.5. The molecule has 2 N–H and O–H groups in total. The molecule has 0 unspecified atom stereocenters. The second-order valence-electron chi connectivity index (χ2n) is 4.30. The van der Waals surface area contributed by atoms with Gasteiger partial charge in [0.25, 0.3) is 0 Å². The predicted octanol–water partition coefficient (Wildman–Crippen LogP) is 4.32. The van der Waals surface area contributed by atoms with Crippen molar-refractivity contribution in [2.75, 3.05) is 0 Å².